The van der Waals surface area contributed by atoms with Crippen LogP contribution in [0.2, 0.25) is 0 Å². The standard InChI is InChI=1S/C17H31N/c1-4-12(2)5-15(18)17-9-13-6-14(10-17)8-16(3,7-13)11-17/h12-15H,4-11,18H2,1-3H3. The summed E-state index contributed by atoms with van der Waals surface area (Å²) in [7, 11) is 0. The molecule has 0 saturated heterocycles. The van der Waals surface area contributed by atoms with Gasteiger partial charge in [-0.05, 0) is 73.5 Å². The first-order valence-electron chi connectivity index (χ1n) is 8.20. The summed E-state index contributed by atoms with van der Waals surface area (Å²) >= 11 is 0. The van der Waals surface area contributed by atoms with E-state index in [2.05, 4.69) is 20.8 Å². The Morgan fingerprint density at radius 3 is 2.28 bits per heavy atom. The van der Waals surface area contributed by atoms with Crippen molar-refractivity contribution in [1.29, 1.82) is 0 Å². The SMILES string of the molecule is CCC(C)CC(N)C12CC3CC(CC(C)(C3)C1)C2. The molecule has 0 amide bonds. The van der Waals surface area contributed by atoms with Gasteiger partial charge in [-0.2, -0.15) is 0 Å². The largest absolute Gasteiger partial charge is 0.327 e. The number of hydrogen-bond acceptors (Lipinski definition) is 1. The summed E-state index contributed by atoms with van der Waals surface area (Å²) in [6.07, 6.45) is 11.4. The van der Waals surface area contributed by atoms with Crippen LogP contribution in [-0.4, -0.2) is 6.04 Å². The van der Waals surface area contributed by atoms with Gasteiger partial charge in [0.25, 0.3) is 0 Å². The minimum atomic E-state index is 0.470. The Hall–Kier alpha value is -0.0400. The third-order valence-corrected chi connectivity index (χ3v) is 6.54. The zero-order chi connectivity index (χ0) is 13.0. The quantitative estimate of drug-likeness (QED) is 0.787. The molecule has 0 aromatic carbocycles. The highest BCUT2D eigenvalue weighted by Crippen LogP contribution is 2.66. The van der Waals surface area contributed by atoms with Crippen LogP contribution in [0.3, 0.4) is 0 Å². The molecular formula is C17H31N. The van der Waals surface area contributed by atoms with Crippen LogP contribution < -0.4 is 5.73 Å². The molecule has 104 valence electrons. The highest BCUT2D eigenvalue weighted by Gasteiger charge is 2.57. The van der Waals surface area contributed by atoms with E-state index in [1.165, 1.54) is 51.4 Å². The molecule has 18 heavy (non-hydrogen) atoms. The molecule has 4 saturated carbocycles. The highest BCUT2D eigenvalue weighted by molar-refractivity contribution is 5.09. The van der Waals surface area contributed by atoms with Gasteiger partial charge in [0.15, 0.2) is 0 Å². The highest BCUT2D eigenvalue weighted by atomic mass is 14.7. The Morgan fingerprint density at radius 1 is 1.17 bits per heavy atom. The molecule has 0 aliphatic heterocycles. The predicted molar refractivity (Wildman–Crippen MR) is 77.3 cm³/mol. The molecule has 0 radical (unpaired) electrons. The smallest absolute Gasteiger partial charge is 0.00985 e. The van der Waals surface area contributed by atoms with Crippen molar-refractivity contribution in [3.8, 4) is 0 Å². The first kappa shape index (κ1) is 13.0. The van der Waals surface area contributed by atoms with Crippen LogP contribution in [0.1, 0.15) is 72.1 Å². The molecule has 0 spiro atoms. The molecule has 0 heterocycles. The fraction of sp³-hybridized carbons (Fsp3) is 1.00. The van der Waals surface area contributed by atoms with Gasteiger partial charge in [-0.15, -0.1) is 0 Å². The fourth-order valence-electron chi connectivity index (χ4n) is 6.08. The van der Waals surface area contributed by atoms with Gasteiger partial charge in [-0.3, -0.25) is 0 Å². The molecule has 4 aliphatic rings. The van der Waals surface area contributed by atoms with E-state index < -0.39 is 0 Å². The molecule has 0 aromatic rings. The first-order valence-corrected chi connectivity index (χ1v) is 8.20. The van der Waals surface area contributed by atoms with Crippen molar-refractivity contribution in [3.63, 3.8) is 0 Å². The van der Waals surface area contributed by atoms with Crippen molar-refractivity contribution < 1.29 is 0 Å². The van der Waals surface area contributed by atoms with E-state index in [4.69, 9.17) is 5.73 Å². The van der Waals surface area contributed by atoms with Crippen LogP contribution in [0.25, 0.3) is 0 Å². The van der Waals surface area contributed by atoms with Crippen LogP contribution >= 0.6 is 0 Å². The second kappa shape index (κ2) is 4.23. The Balaban J connectivity index is 1.78. The van der Waals surface area contributed by atoms with E-state index in [0.717, 1.165) is 17.8 Å². The molecule has 0 aromatic heterocycles. The lowest BCUT2D eigenvalue weighted by Gasteiger charge is -2.63. The number of nitrogens with two attached hydrogens (primary N) is 1. The normalized spacial score (nSPS) is 49.3. The maximum Gasteiger partial charge on any atom is 0.00985 e. The van der Waals surface area contributed by atoms with Crippen LogP contribution in [0.5, 0.6) is 0 Å². The van der Waals surface area contributed by atoms with Gasteiger partial charge >= 0.3 is 0 Å². The van der Waals surface area contributed by atoms with Gasteiger partial charge in [0.2, 0.25) is 0 Å². The summed E-state index contributed by atoms with van der Waals surface area (Å²) in [6.45, 7) is 7.23. The zero-order valence-corrected chi connectivity index (χ0v) is 12.5. The van der Waals surface area contributed by atoms with Gasteiger partial charge in [0.1, 0.15) is 0 Å². The van der Waals surface area contributed by atoms with E-state index in [1.807, 2.05) is 0 Å². The zero-order valence-electron chi connectivity index (χ0n) is 12.5. The molecule has 4 rings (SSSR count). The minimum absolute atomic E-state index is 0.470. The minimum Gasteiger partial charge on any atom is -0.327 e. The van der Waals surface area contributed by atoms with Gasteiger partial charge in [-0.25, -0.2) is 0 Å². The summed E-state index contributed by atoms with van der Waals surface area (Å²) in [5, 5.41) is 0. The maximum atomic E-state index is 6.71. The van der Waals surface area contributed by atoms with Crippen molar-refractivity contribution in [3.05, 3.63) is 0 Å². The monoisotopic (exact) mass is 249 g/mol. The number of hydrogen-bond donors (Lipinski definition) is 1. The third-order valence-electron chi connectivity index (χ3n) is 6.54. The second-order valence-electron chi connectivity index (χ2n) is 8.49. The molecule has 4 fully saturated rings. The molecule has 2 N–H and O–H groups in total. The Morgan fingerprint density at radius 2 is 1.78 bits per heavy atom. The first-order chi connectivity index (χ1) is 8.45. The average Bonchev–Trinajstić information content (AvgIpc) is 2.25. The van der Waals surface area contributed by atoms with Crippen molar-refractivity contribution in [1.82, 2.24) is 0 Å². The Bertz CT molecular complexity index is 308. The van der Waals surface area contributed by atoms with E-state index in [1.54, 1.807) is 0 Å². The van der Waals surface area contributed by atoms with Crippen molar-refractivity contribution in [2.75, 3.05) is 0 Å². The van der Waals surface area contributed by atoms with Crippen LogP contribution in [-0.2, 0) is 0 Å². The van der Waals surface area contributed by atoms with Crippen molar-refractivity contribution in [2.24, 2.45) is 34.3 Å². The molecule has 4 bridgehead atoms. The summed E-state index contributed by atoms with van der Waals surface area (Å²) in [5.41, 5.74) is 7.89. The molecule has 4 unspecified atom stereocenters. The second-order valence-corrected chi connectivity index (χ2v) is 8.49. The summed E-state index contributed by atoms with van der Waals surface area (Å²) in [5.74, 6) is 2.83. The maximum absolute atomic E-state index is 6.71. The Kier molecular flexibility index (Phi) is 3.05. The summed E-state index contributed by atoms with van der Waals surface area (Å²) in [4.78, 5) is 0. The summed E-state index contributed by atoms with van der Waals surface area (Å²) in [6, 6.07) is 0.470. The van der Waals surface area contributed by atoms with E-state index >= 15 is 0 Å². The van der Waals surface area contributed by atoms with Gasteiger partial charge < -0.3 is 5.73 Å². The van der Waals surface area contributed by atoms with Crippen molar-refractivity contribution >= 4 is 0 Å². The van der Waals surface area contributed by atoms with Crippen LogP contribution in [0.4, 0.5) is 0 Å². The average molecular weight is 249 g/mol. The van der Waals surface area contributed by atoms with Crippen LogP contribution in [0.15, 0.2) is 0 Å². The van der Waals surface area contributed by atoms with Gasteiger partial charge in [0.05, 0.1) is 0 Å². The van der Waals surface area contributed by atoms with Gasteiger partial charge in [0, 0.05) is 6.04 Å². The van der Waals surface area contributed by atoms with Crippen LogP contribution in [0, 0.1) is 28.6 Å². The molecule has 1 nitrogen and oxygen atoms in total. The van der Waals surface area contributed by atoms with Gasteiger partial charge in [-0.1, -0.05) is 27.2 Å². The lowest BCUT2D eigenvalue weighted by Crippen LogP contribution is -2.57. The molecule has 4 aliphatic carbocycles. The third kappa shape index (κ3) is 2.03. The van der Waals surface area contributed by atoms with E-state index in [-0.39, 0.29) is 0 Å². The van der Waals surface area contributed by atoms with E-state index in [0.29, 0.717) is 16.9 Å². The Labute approximate surface area is 113 Å². The summed E-state index contributed by atoms with van der Waals surface area (Å²) < 4.78 is 0. The number of rotatable bonds is 4. The fourth-order valence-corrected chi connectivity index (χ4v) is 6.08. The lowest BCUT2D eigenvalue weighted by molar-refractivity contribution is -0.115. The molecule has 1 heteroatoms. The molecule has 4 atom stereocenters. The van der Waals surface area contributed by atoms with E-state index in [9.17, 15) is 0 Å². The lowest BCUT2D eigenvalue weighted by atomic mass is 9.43. The van der Waals surface area contributed by atoms with Crippen molar-refractivity contribution in [2.45, 2.75) is 78.2 Å². The predicted octanol–water partition coefficient (Wildman–Crippen LogP) is 4.36. The topological polar surface area (TPSA) is 26.0 Å². The molecular weight excluding hydrogens is 218 g/mol.